The van der Waals surface area contributed by atoms with E-state index < -0.39 is 0 Å². The first-order valence-electron chi connectivity index (χ1n) is 7.18. The Morgan fingerprint density at radius 2 is 2.19 bits per heavy atom. The van der Waals surface area contributed by atoms with Crippen molar-refractivity contribution in [3.63, 3.8) is 0 Å². The van der Waals surface area contributed by atoms with E-state index in [2.05, 4.69) is 10.3 Å². The summed E-state index contributed by atoms with van der Waals surface area (Å²) >= 11 is 0. The fraction of sp³-hybridized carbons (Fsp3) is 0.438. The minimum Gasteiger partial charge on any atom is -0.497 e. The minimum absolute atomic E-state index is 0.273. The third-order valence-electron chi connectivity index (χ3n) is 3.79. The Kier molecular flexibility index (Phi) is 4.10. The third-order valence-corrected chi connectivity index (χ3v) is 3.79. The van der Waals surface area contributed by atoms with Crippen LogP contribution in [0.4, 0.5) is 5.82 Å². The molecule has 1 atom stereocenters. The lowest BCUT2D eigenvalue weighted by Crippen LogP contribution is -2.19. The second-order valence-corrected chi connectivity index (χ2v) is 5.10. The van der Waals surface area contributed by atoms with Gasteiger partial charge in [-0.15, -0.1) is 0 Å². The lowest BCUT2D eigenvalue weighted by Gasteiger charge is -2.15. The van der Waals surface area contributed by atoms with Gasteiger partial charge in [0.1, 0.15) is 17.3 Å². The van der Waals surface area contributed by atoms with Crippen LogP contribution in [0.1, 0.15) is 12.8 Å². The van der Waals surface area contributed by atoms with Gasteiger partial charge in [-0.1, -0.05) is 0 Å². The van der Waals surface area contributed by atoms with Gasteiger partial charge < -0.3 is 19.5 Å². The zero-order valence-electron chi connectivity index (χ0n) is 12.4. The van der Waals surface area contributed by atoms with Gasteiger partial charge in [0.05, 0.1) is 20.3 Å². The van der Waals surface area contributed by atoms with Gasteiger partial charge in [0.25, 0.3) is 0 Å². The number of nitrogens with one attached hydrogen (secondary N) is 1. The lowest BCUT2D eigenvalue weighted by atomic mass is 10.1. The minimum atomic E-state index is 0.273. The Hall–Kier alpha value is -2.01. The number of nitrogens with zero attached hydrogens (tertiary/aromatic N) is 1. The van der Waals surface area contributed by atoms with Crippen molar-refractivity contribution in [1.82, 2.24) is 4.98 Å². The van der Waals surface area contributed by atoms with Gasteiger partial charge in [-0.3, -0.25) is 0 Å². The van der Waals surface area contributed by atoms with Crippen molar-refractivity contribution in [3.05, 3.63) is 24.4 Å². The van der Waals surface area contributed by atoms with Gasteiger partial charge in [-0.25, -0.2) is 4.98 Å². The first-order chi connectivity index (χ1) is 10.3. The van der Waals surface area contributed by atoms with Crippen molar-refractivity contribution in [2.45, 2.75) is 18.9 Å². The first kappa shape index (κ1) is 13.9. The monoisotopic (exact) mass is 288 g/mol. The maximum atomic E-state index is 5.64. The Labute approximate surface area is 124 Å². The quantitative estimate of drug-likeness (QED) is 0.917. The van der Waals surface area contributed by atoms with E-state index in [1.165, 1.54) is 0 Å². The molecule has 21 heavy (non-hydrogen) atoms. The van der Waals surface area contributed by atoms with E-state index in [0.717, 1.165) is 54.1 Å². The van der Waals surface area contributed by atoms with Crippen molar-refractivity contribution >= 4 is 16.6 Å². The molecule has 1 aliphatic rings. The summed E-state index contributed by atoms with van der Waals surface area (Å²) in [4.78, 5) is 4.44. The average molecular weight is 288 g/mol. The predicted octanol–water partition coefficient (Wildman–Crippen LogP) is 2.84. The first-order valence-corrected chi connectivity index (χ1v) is 7.18. The molecular weight excluding hydrogens is 268 g/mol. The standard InChI is InChI=1S/C16H20N2O3/c1-19-12-8-14-13(15(9-12)20-2)5-6-17-16(14)18-10-11-4-3-7-21-11/h5-6,8-9,11H,3-4,7,10H2,1-2H3,(H,17,18). The largest absolute Gasteiger partial charge is 0.497 e. The average Bonchev–Trinajstić information content (AvgIpc) is 3.05. The molecule has 1 fully saturated rings. The molecule has 0 spiro atoms. The van der Waals surface area contributed by atoms with Crippen molar-refractivity contribution in [2.24, 2.45) is 0 Å². The van der Waals surface area contributed by atoms with Crippen LogP contribution in [0.5, 0.6) is 11.5 Å². The van der Waals surface area contributed by atoms with Crippen LogP contribution >= 0.6 is 0 Å². The number of hydrogen-bond acceptors (Lipinski definition) is 5. The highest BCUT2D eigenvalue weighted by atomic mass is 16.5. The van der Waals surface area contributed by atoms with Crippen LogP contribution in [0, 0.1) is 0 Å². The molecule has 0 saturated carbocycles. The van der Waals surface area contributed by atoms with Crippen molar-refractivity contribution < 1.29 is 14.2 Å². The Bertz CT molecular complexity index is 624. The number of pyridine rings is 1. The number of ether oxygens (including phenoxy) is 3. The highest BCUT2D eigenvalue weighted by molar-refractivity contribution is 5.97. The van der Waals surface area contributed by atoms with Crippen LogP contribution < -0.4 is 14.8 Å². The number of anilines is 1. The molecule has 5 nitrogen and oxygen atoms in total. The van der Waals surface area contributed by atoms with Crippen molar-refractivity contribution in [3.8, 4) is 11.5 Å². The van der Waals surface area contributed by atoms with Crippen LogP contribution in [-0.4, -0.2) is 38.5 Å². The van der Waals surface area contributed by atoms with Crippen LogP contribution in [0.2, 0.25) is 0 Å². The van der Waals surface area contributed by atoms with E-state index in [1.807, 2.05) is 18.2 Å². The van der Waals surface area contributed by atoms with Gasteiger partial charge >= 0.3 is 0 Å². The van der Waals surface area contributed by atoms with Gasteiger partial charge in [0.2, 0.25) is 0 Å². The number of methoxy groups -OCH3 is 2. The second kappa shape index (κ2) is 6.18. The highest BCUT2D eigenvalue weighted by Crippen LogP contribution is 2.34. The molecular formula is C16H20N2O3. The molecule has 2 aromatic rings. The fourth-order valence-corrected chi connectivity index (χ4v) is 2.67. The molecule has 1 unspecified atom stereocenters. The number of hydrogen-bond donors (Lipinski definition) is 1. The number of rotatable bonds is 5. The molecule has 2 heterocycles. The fourth-order valence-electron chi connectivity index (χ4n) is 2.67. The van der Waals surface area contributed by atoms with E-state index in [-0.39, 0.29) is 6.10 Å². The maximum absolute atomic E-state index is 5.64. The highest BCUT2D eigenvalue weighted by Gasteiger charge is 2.16. The molecule has 112 valence electrons. The SMILES string of the molecule is COc1cc(OC)c2ccnc(NCC3CCCO3)c2c1. The summed E-state index contributed by atoms with van der Waals surface area (Å²) in [6.45, 7) is 1.63. The van der Waals surface area contributed by atoms with E-state index in [4.69, 9.17) is 14.2 Å². The molecule has 3 rings (SSSR count). The lowest BCUT2D eigenvalue weighted by molar-refractivity contribution is 0.120. The number of benzene rings is 1. The van der Waals surface area contributed by atoms with Crippen molar-refractivity contribution in [1.29, 1.82) is 0 Å². The van der Waals surface area contributed by atoms with Gasteiger partial charge in [0, 0.05) is 36.2 Å². The summed E-state index contributed by atoms with van der Waals surface area (Å²) in [6, 6.07) is 5.81. The molecule has 0 bridgehead atoms. The molecule has 1 aliphatic heterocycles. The van der Waals surface area contributed by atoms with Crippen molar-refractivity contribution in [2.75, 3.05) is 32.7 Å². The Morgan fingerprint density at radius 1 is 1.29 bits per heavy atom. The Balaban J connectivity index is 1.93. The molecule has 0 amide bonds. The zero-order valence-corrected chi connectivity index (χ0v) is 12.4. The van der Waals surface area contributed by atoms with E-state index in [1.54, 1.807) is 20.4 Å². The molecule has 0 aliphatic carbocycles. The van der Waals surface area contributed by atoms with Crippen LogP contribution in [-0.2, 0) is 4.74 Å². The van der Waals surface area contributed by atoms with Gasteiger partial charge in [-0.05, 0) is 25.0 Å². The van der Waals surface area contributed by atoms with E-state index in [0.29, 0.717) is 0 Å². The smallest absolute Gasteiger partial charge is 0.134 e. The summed E-state index contributed by atoms with van der Waals surface area (Å²) in [5.41, 5.74) is 0. The number of fused-ring (bicyclic) bond motifs is 1. The summed E-state index contributed by atoms with van der Waals surface area (Å²) in [5, 5.41) is 5.39. The number of aromatic nitrogens is 1. The topological polar surface area (TPSA) is 52.6 Å². The molecule has 1 aromatic heterocycles. The van der Waals surface area contributed by atoms with Gasteiger partial charge in [0.15, 0.2) is 0 Å². The van der Waals surface area contributed by atoms with Crippen LogP contribution in [0.15, 0.2) is 24.4 Å². The molecule has 1 aromatic carbocycles. The summed E-state index contributed by atoms with van der Waals surface area (Å²) in [5.74, 6) is 2.37. The van der Waals surface area contributed by atoms with E-state index in [9.17, 15) is 0 Å². The van der Waals surface area contributed by atoms with Crippen LogP contribution in [0.3, 0.4) is 0 Å². The molecule has 1 saturated heterocycles. The van der Waals surface area contributed by atoms with Gasteiger partial charge in [-0.2, -0.15) is 0 Å². The molecule has 0 radical (unpaired) electrons. The second-order valence-electron chi connectivity index (χ2n) is 5.10. The predicted molar refractivity (Wildman–Crippen MR) is 82.3 cm³/mol. The molecule has 5 heteroatoms. The Morgan fingerprint density at radius 3 is 2.90 bits per heavy atom. The summed E-state index contributed by atoms with van der Waals surface area (Å²) in [6.07, 6.45) is 4.30. The maximum Gasteiger partial charge on any atom is 0.134 e. The van der Waals surface area contributed by atoms with E-state index >= 15 is 0 Å². The summed E-state index contributed by atoms with van der Waals surface area (Å²) in [7, 11) is 3.31. The zero-order chi connectivity index (χ0) is 14.7. The molecule has 1 N–H and O–H groups in total. The third kappa shape index (κ3) is 2.88. The van der Waals surface area contributed by atoms with Crippen LogP contribution in [0.25, 0.3) is 10.8 Å². The summed E-state index contributed by atoms with van der Waals surface area (Å²) < 4.78 is 16.4. The normalized spacial score (nSPS) is 17.9.